The molecule has 2 heteroatoms. The van der Waals surface area contributed by atoms with Crippen LogP contribution in [0.4, 0.5) is 0 Å². The van der Waals surface area contributed by atoms with Gasteiger partial charge in [0.25, 0.3) is 0 Å². The first-order valence-electron chi connectivity index (χ1n) is 5.48. The third-order valence-corrected chi connectivity index (χ3v) is 2.08. The molecule has 0 unspecified atom stereocenters. The van der Waals surface area contributed by atoms with E-state index < -0.39 is 0 Å². The molecule has 0 heterocycles. The van der Waals surface area contributed by atoms with E-state index in [0.717, 1.165) is 0 Å². The van der Waals surface area contributed by atoms with E-state index in [2.05, 4.69) is 13.8 Å². The lowest BCUT2D eigenvalue weighted by Crippen LogP contribution is -1.97. The first-order valence-corrected chi connectivity index (χ1v) is 5.48. The second-order valence-corrected chi connectivity index (χ2v) is 3.40. The van der Waals surface area contributed by atoms with Crippen molar-refractivity contribution in [3.05, 3.63) is 35.4 Å². The smallest absolute Gasteiger partial charge is 0.154 e. The molecule has 1 aromatic carbocycles. The van der Waals surface area contributed by atoms with Gasteiger partial charge in [0, 0.05) is 5.56 Å². The van der Waals surface area contributed by atoms with Crippen LogP contribution in [0.1, 0.15) is 49.5 Å². The summed E-state index contributed by atoms with van der Waals surface area (Å²) in [6.07, 6.45) is 0.0844. The van der Waals surface area contributed by atoms with Crippen LogP contribution in [-0.4, -0.2) is 13.6 Å². The van der Waals surface area contributed by atoms with Gasteiger partial charge >= 0.3 is 0 Å². The first kappa shape index (κ1) is 14.0. The van der Waals surface area contributed by atoms with Crippen molar-refractivity contribution in [3.8, 4) is 0 Å². The number of Topliss-reactive ketones (excluding diaryl/α,β-unsaturated/α-hetero) is 1. The Kier molecular flexibility index (Phi) is 6.77. The Morgan fingerprint density at radius 1 is 1.20 bits per heavy atom. The van der Waals surface area contributed by atoms with Crippen molar-refractivity contribution >= 4 is 13.6 Å². The van der Waals surface area contributed by atoms with E-state index in [1.165, 1.54) is 5.56 Å². The minimum Gasteiger partial charge on any atom is -0.295 e. The molecule has 0 fully saturated rings. The minimum atomic E-state index is -0.00435. The molecule has 0 saturated heterocycles. The Morgan fingerprint density at radius 2 is 1.67 bits per heavy atom. The summed E-state index contributed by atoms with van der Waals surface area (Å²) in [6, 6.07) is 7.64. The zero-order valence-corrected chi connectivity index (χ0v) is 10.1. The Morgan fingerprint density at radius 3 is 2.00 bits per heavy atom. The standard InChI is InChI=1S/C11H13BO.C2H6/c1-8(2)9-3-5-10(6-4-9)11(13)7-12;1-2/h3-6,8H,7H2,1-2H3;1-2H3. The van der Waals surface area contributed by atoms with E-state index in [4.69, 9.17) is 7.85 Å². The molecule has 0 spiro atoms. The molecular weight excluding hydrogens is 183 g/mol. The zero-order valence-electron chi connectivity index (χ0n) is 10.1. The van der Waals surface area contributed by atoms with Gasteiger partial charge in [0.15, 0.2) is 5.78 Å². The molecule has 0 bridgehead atoms. The number of benzene rings is 1. The molecule has 0 aliphatic rings. The molecule has 0 aliphatic heterocycles. The molecule has 0 amide bonds. The van der Waals surface area contributed by atoms with E-state index in [1.807, 2.05) is 38.1 Å². The van der Waals surface area contributed by atoms with Gasteiger partial charge in [-0.15, -0.1) is 0 Å². The minimum absolute atomic E-state index is 0.00435. The SMILES string of the molecule is CC.[B]CC(=O)c1ccc(C(C)C)cc1. The Bertz CT molecular complexity index is 288. The Labute approximate surface area is 94.3 Å². The number of rotatable bonds is 3. The van der Waals surface area contributed by atoms with Crippen molar-refractivity contribution in [1.82, 2.24) is 0 Å². The highest BCUT2D eigenvalue weighted by Gasteiger charge is 2.03. The summed E-state index contributed by atoms with van der Waals surface area (Å²) in [5.41, 5.74) is 1.94. The second-order valence-electron chi connectivity index (χ2n) is 3.40. The van der Waals surface area contributed by atoms with Gasteiger partial charge < -0.3 is 0 Å². The summed E-state index contributed by atoms with van der Waals surface area (Å²) < 4.78 is 0. The van der Waals surface area contributed by atoms with Crippen LogP contribution in [-0.2, 0) is 0 Å². The van der Waals surface area contributed by atoms with Crippen molar-refractivity contribution in [2.24, 2.45) is 0 Å². The summed E-state index contributed by atoms with van der Waals surface area (Å²) in [5, 5.41) is 0. The molecule has 0 saturated carbocycles. The Balaban J connectivity index is 0.000000921. The number of ketones is 1. The van der Waals surface area contributed by atoms with Crippen molar-refractivity contribution < 1.29 is 4.79 Å². The predicted molar refractivity (Wildman–Crippen MR) is 66.8 cm³/mol. The van der Waals surface area contributed by atoms with Crippen LogP contribution in [0.5, 0.6) is 0 Å². The van der Waals surface area contributed by atoms with Crippen LogP contribution >= 0.6 is 0 Å². The van der Waals surface area contributed by atoms with Gasteiger partial charge in [0.1, 0.15) is 0 Å². The van der Waals surface area contributed by atoms with E-state index in [9.17, 15) is 4.79 Å². The summed E-state index contributed by atoms with van der Waals surface area (Å²) in [4.78, 5) is 11.2. The number of carbonyl (C=O) groups excluding carboxylic acids is 1. The molecule has 15 heavy (non-hydrogen) atoms. The van der Waals surface area contributed by atoms with E-state index in [1.54, 1.807) is 0 Å². The van der Waals surface area contributed by atoms with Gasteiger partial charge in [-0.3, -0.25) is 4.79 Å². The third kappa shape index (κ3) is 4.33. The quantitative estimate of drug-likeness (QED) is 0.540. The van der Waals surface area contributed by atoms with Crippen molar-refractivity contribution in [2.75, 3.05) is 0 Å². The van der Waals surface area contributed by atoms with E-state index in [-0.39, 0.29) is 12.1 Å². The van der Waals surface area contributed by atoms with Crippen molar-refractivity contribution in [1.29, 1.82) is 0 Å². The third-order valence-electron chi connectivity index (χ3n) is 2.08. The monoisotopic (exact) mass is 202 g/mol. The van der Waals surface area contributed by atoms with Gasteiger partial charge in [-0.1, -0.05) is 52.0 Å². The van der Waals surface area contributed by atoms with Crippen LogP contribution in [0.25, 0.3) is 0 Å². The summed E-state index contributed by atoms with van der Waals surface area (Å²) in [6.45, 7) is 8.25. The average molecular weight is 202 g/mol. The molecule has 2 radical (unpaired) electrons. The predicted octanol–water partition coefficient (Wildman–Crippen LogP) is 3.61. The maximum atomic E-state index is 11.2. The van der Waals surface area contributed by atoms with Crippen molar-refractivity contribution in [3.63, 3.8) is 0 Å². The molecule has 0 aromatic heterocycles. The molecule has 0 atom stereocenters. The summed E-state index contributed by atoms with van der Waals surface area (Å²) in [5.74, 6) is 0.498. The van der Waals surface area contributed by atoms with Crippen LogP contribution in [0.2, 0.25) is 6.32 Å². The fourth-order valence-corrected chi connectivity index (χ4v) is 1.17. The van der Waals surface area contributed by atoms with E-state index in [0.29, 0.717) is 11.5 Å². The molecule has 0 aliphatic carbocycles. The van der Waals surface area contributed by atoms with Crippen LogP contribution in [0, 0.1) is 0 Å². The number of hydrogen-bond donors (Lipinski definition) is 0. The molecular formula is C13H19BO. The van der Waals surface area contributed by atoms with Crippen LogP contribution in [0.3, 0.4) is 0 Å². The van der Waals surface area contributed by atoms with Gasteiger partial charge in [-0.25, -0.2) is 0 Å². The summed E-state index contributed by atoms with van der Waals surface area (Å²) in [7, 11) is 5.25. The molecule has 0 N–H and O–H groups in total. The highest BCUT2D eigenvalue weighted by molar-refractivity contribution is 6.23. The molecule has 1 nitrogen and oxygen atoms in total. The topological polar surface area (TPSA) is 17.1 Å². The fraction of sp³-hybridized carbons (Fsp3) is 0.462. The largest absolute Gasteiger partial charge is 0.295 e. The number of hydrogen-bond acceptors (Lipinski definition) is 1. The molecule has 1 aromatic rings. The fourth-order valence-electron chi connectivity index (χ4n) is 1.17. The first-order chi connectivity index (χ1) is 7.15. The molecule has 80 valence electrons. The lowest BCUT2D eigenvalue weighted by molar-refractivity contribution is 0.101. The molecule has 1 rings (SSSR count). The Hall–Kier alpha value is -1.05. The number of carbonyl (C=O) groups is 1. The van der Waals surface area contributed by atoms with Gasteiger partial charge in [0.05, 0.1) is 7.85 Å². The van der Waals surface area contributed by atoms with Crippen LogP contribution < -0.4 is 0 Å². The van der Waals surface area contributed by atoms with Crippen LogP contribution in [0.15, 0.2) is 24.3 Å². The highest BCUT2D eigenvalue weighted by Crippen LogP contribution is 2.15. The lowest BCUT2D eigenvalue weighted by Gasteiger charge is -2.05. The normalized spacial score (nSPS) is 9.40. The van der Waals surface area contributed by atoms with Gasteiger partial charge in [-0.2, -0.15) is 0 Å². The highest BCUT2D eigenvalue weighted by atomic mass is 16.1. The zero-order chi connectivity index (χ0) is 11.8. The van der Waals surface area contributed by atoms with Crippen molar-refractivity contribution in [2.45, 2.75) is 39.9 Å². The summed E-state index contributed by atoms with van der Waals surface area (Å²) >= 11 is 0. The second kappa shape index (κ2) is 7.27. The maximum Gasteiger partial charge on any atom is 0.154 e. The van der Waals surface area contributed by atoms with E-state index >= 15 is 0 Å². The van der Waals surface area contributed by atoms with Gasteiger partial charge in [-0.05, 0) is 17.8 Å². The maximum absolute atomic E-state index is 11.2. The lowest BCUT2D eigenvalue weighted by atomic mass is 9.94. The van der Waals surface area contributed by atoms with Gasteiger partial charge in [0.2, 0.25) is 0 Å². The average Bonchev–Trinajstić information content (AvgIpc) is 2.31.